The van der Waals surface area contributed by atoms with Gasteiger partial charge >= 0.3 is 0 Å². The number of sulfonamides is 1. The second-order valence-corrected chi connectivity index (χ2v) is 7.84. The standard InChI is InChI=1S/C17H15ClN2O4S/c1-2-10-8-11-6-7-23-16(11)14(9-10)25(21,22)20-17-15-12(18)4-3-5-13(15)24-19-17/h3-5,8-9H,2,6-7H2,1H3,(H,19,20). The summed E-state index contributed by atoms with van der Waals surface area (Å²) in [6.45, 7) is 2.45. The molecule has 25 heavy (non-hydrogen) atoms. The fourth-order valence-corrected chi connectivity index (χ4v) is 4.44. The van der Waals surface area contributed by atoms with Crippen LogP contribution in [0.2, 0.25) is 5.02 Å². The van der Waals surface area contributed by atoms with E-state index in [0.717, 1.165) is 17.5 Å². The lowest BCUT2D eigenvalue weighted by Crippen LogP contribution is -2.15. The molecule has 8 heteroatoms. The molecule has 0 bridgehead atoms. The molecule has 0 aliphatic carbocycles. The molecule has 3 aromatic rings. The Kier molecular flexibility index (Phi) is 3.85. The summed E-state index contributed by atoms with van der Waals surface area (Å²) < 4.78 is 39.1. The predicted molar refractivity (Wildman–Crippen MR) is 94.8 cm³/mol. The summed E-state index contributed by atoms with van der Waals surface area (Å²) in [5.41, 5.74) is 2.25. The van der Waals surface area contributed by atoms with Crippen molar-refractivity contribution in [3.8, 4) is 5.75 Å². The zero-order valence-electron chi connectivity index (χ0n) is 13.4. The predicted octanol–water partition coefficient (Wildman–Crippen LogP) is 3.78. The number of rotatable bonds is 4. The minimum atomic E-state index is -3.91. The molecule has 0 amide bonds. The molecule has 2 aromatic carbocycles. The Hall–Kier alpha value is -2.25. The third-order valence-electron chi connectivity index (χ3n) is 4.19. The maximum atomic E-state index is 13.0. The van der Waals surface area contributed by atoms with Gasteiger partial charge < -0.3 is 9.26 Å². The van der Waals surface area contributed by atoms with Gasteiger partial charge in [-0.1, -0.05) is 35.8 Å². The van der Waals surface area contributed by atoms with Crippen LogP contribution in [0, 0.1) is 0 Å². The maximum absolute atomic E-state index is 13.0. The van der Waals surface area contributed by atoms with E-state index >= 15 is 0 Å². The molecular formula is C17H15ClN2O4S. The van der Waals surface area contributed by atoms with Crippen LogP contribution in [-0.4, -0.2) is 20.2 Å². The van der Waals surface area contributed by atoms with Crippen LogP contribution in [0.1, 0.15) is 18.1 Å². The summed E-state index contributed by atoms with van der Waals surface area (Å²) in [5.74, 6) is 0.470. The van der Waals surface area contributed by atoms with Gasteiger partial charge in [-0.05, 0) is 35.7 Å². The number of hydrogen-bond acceptors (Lipinski definition) is 5. The molecule has 4 rings (SSSR count). The highest BCUT2D eigenvalue weighted by Crippen LogP contribution is 2.37. The zero-order valence-corrected chi connectivity index (χ0v) is 14.9. The fourth-order valence-electron chi connectivity index (χ4n) is 2.94. The lowest BCUT2D eigenvalue weighted by molar-refractivity contribution is 0.348. The first-order chi connectivity index (χ1) is 12.0. The van der Waals surface area contributed by atoms with Gasteiger partial charge in [0.15, 0.2) is 11.4 Å². The molecule has 0 atom stereocenters. The molecule has 0 saturated heterocycles. The van der Waals surface area contributed by atoms with E-state index in [1.54, 1.807) is 24.3 Å². The lowest BCUT2D eigenvalue weighted by atomic mass is 10.1. The van der Waals surface area contributed by atoms with Crippen molar-refractivity contribution in [3.63, 3.8) is 0 Å². The molecule has 0 spiro atoms. The highest BCUT2D eigenvalue weighted by molar-refractivity contribution is 7.92. The first kappa shape index (κ1) is 16.2. The van der Waals surface area contributed by atoms with Crippen molar-refractivity contribution >= 4 is 38.4 Å². The van der Waals surface area contributed by atoms with E-state index in [4.69, 9.17) is 20.9 Å². The summed E-state index contributed by atoms with van der Waals surface area (Å²) in [7, 11) is -3.91. The smallest absolute Gasteiger partial charge is 0.266 e. The monoisotopic (exact) mass is 378 g/mol. The summed E-state index contributed by atoms with van der Waals surface area (Å²) in [5, 5.41) is 4.60. The van der Waals surface area contributed by atoms with Crippen LogP contribution in [0.4, 0.5) is 5.82 Å². The van der Waals surface area contributed by atoms with Crippen LogP contribution in [-0.2, 0) is 22.9 Å². The number of aromatic nitrogens is 1. The second-order valence-electron chi connectivity index (χ2n) is 5.78. The number of hydrogen-bond donors (Lipinski definition) is 1. The Bertz CT molecular complexity index is 1080. The summed E-state index contributed by atoms with van der Waals surface area (Å²) in [6, 6.07) is 8.65. The third kappa shape index (κ3) is 2.73. The molecular weight excluding hydrogens is 364 g/mol. The minimum Gasteiger partial charge on any atom is -0.492 e. The van der Waals surface area contributed by atoms with E-state index in [1.165, 1.54) is 0 Å². The van der Waals surface area contributed by atoms with Crippen molar-refractivity contribution in [2.24, 2.45) is 0 Å². The van der Waals surface area contributed by atoms with E-state index in [0.29, 0.717) is 34.8 Å². The summed E-state index contributed by atoms with van der Waals surface area (Å²) >= 11 is 6.16. The number of halogens is 1. The SMILES string of the molecule is CCc1cc2c(c(S(=O)(=O)Nc3noc4cccc(Cl)c34)c1)OCC2. The topological polar surface area (TPSA) is 81.4 Å². The molecule has 1 aliphatic heterocycles. The molecule has 1 aromatic heterocycles. The molecule has 0 saturated carbocycles. The number of aryl methyl sites for hydroxylation is 1. The number of fused-ring (bicyclic) bond motifs is 2. The van der Waals surface area contributed by atoms with Crippen LogP contribution < -0.4 is 9.46 Å². The van der Waals surface area contributed by atoms with Crippen LogP contribution in [0.3, 0.4) is 0 Å². The number of nitrogens with zero attached hydrogens (tertiary/aromatic N) is 1. The van der Waals surface area contributed by atoms with Crippen molar-refractivity contribution in [1.29, 1.82) is 0 Å². The van der Waals surface area contributed by atoms with Crippen molar-refractivity contribution < 1.29 is 17.7 Å². The number of anilines is 1. The molecule has 1 N–H and O–H groups in total. The van der Waals surface area contributed by atoms with Crippen molar-refractivity contribution in [2.45, 2.75) is 24.7 Å². The van der Waals surface area contributed by atoms with Crippen LogP contribution >= 0.6 is 11.6 Å². The van der Waals surface area contributed by atoms with Gasteiger partial charge in [-0.15, -0.1) is 0 Å². The highest BCUT2D eigenvalue weighted by Gasteiger charge is 2.28. The Morgan fingerprint density at radius 1 is 1.32 bits per heavy atom. The minimum absolute atomic E-state index is 0.0641. The third-order valence-corrected chi connectivity index (χ3v) is 5.84. The van der Waals surface area contributed by atoms with E-state index in [-0.39, 0.29) is 10.7 Å². The van der Waals surface area contributed by atoms with Crippen molar-refractivity contribution in [2.75, 3.05) is 11.3 Å². The zero-order chi connectivity index (χ0) is 17.6. The van der Waals surface area contributed by atoms with E-state index < -0.39 is 10.0 Å². The van der Waals surface area contributed by atoms with E-state index in [2.05, 4.69) is 9.88 Å². The van der Waals surface area contributed by atoms with Gasteiger partial charge in [-0.25, -0.2) is 8.42 Å². The molecule has 2 heterocycles. The van der Waals surface area contributed by atoms with Crippen LogP contribution in [0.15, 0.2) is 39.8 Å². The van der Waals surface area contributed by atoms with Gasteiger partial charge in [-0.2, -0.15) is 0 Å². The summed E-state index contributed by atoms with van der Waals surface area (Å²) in [4.78, 5) is 0.113. The van der Waals surface area contributed by atoms with Gasteiger partial charge in [0.25, 0.3) is 10.0 Å². The second kappa shape index (κ2) is 5.93. The van der Waals surface area contributed by atoms with Crippen LogP contribution in [0.5, 0.6) is 5.75 Å². The molecule has 130 valence electrons. The number of benzene rings is 2. The molecule has 0 unspecified atom stereocenters. The Morgan fingerprint density at radius 2 is 2.16 bits per heavy atom. The summed E-state index contributed by atoms with van der Waals surface area (Å²) in [6.07, 6.45) is 1.43. The van der Waals surface area contributed by atoms with Gasteiger partial charge in [0, 0.05) is 6.42 Å². The quantitative estimate of drug-likeness (QED) is 0.747. The fraction of sp³-hybridized carbons (Fsp3) is 0.235. The largest absolute Gasteiger partial charge is 0.492 e. The molecule has 0 radical (unpaired) electrons. The molecule has 0 fully saturated rings. The lowest BCUT2D eigenvalue weighted by Gasteiger charge is -2.12. The highest BCUT2D eigenvalue weighted by atomic mass is 35.5. The van der Waals surface area contributed by atoms with Gasteiger partial charge in [0.05, 0.1) is 17.0 Å². The van der Waals surface area contributed by atoms with Crippen molar-refractivity contribution in [1.82, 2.24) is 5.16 Å². The van der Waals surface area contributed by atoms with E-state index in [9.17, 15) is 8.42 Å². The van der Waals surface area contributed by atoms with Gasteiger partial charge in [0.1, 0.15) is 10.6 Å². The Balaban J connectivity index is 1.82. The van der Waals surface area contributed by atoms with Crippen molar-refractivity contribution in [3.05, 3.63) is 46.5 Å². The number of ether oxygens (including phenoxy) is 1. The average Bonchev–Trinajstić information content (AvgIpc) is 3.21. The van der Waals surface area contributed by atoms with Gasteiger partial charge in [0.2, 0.25) is 0 Å². The first-order valence-electron chi connectivity index (χ1n) is 7.85. The first-order valence-corrected chi connectivity index (χ1v) is 9.71. The maximum Gasteiger partial charge on any atom is 0.266 e. The van der Waals surface area contributed by atoms with E-state index in [1.807, 2.05) is 13.0 Å². The van der Waals surface area contributed by atoms with Crippen LogP contribution in [0.25, 0.3) is 11.0 Å². The Morgan fingerprint density at radius 3 is 2.96 bits per heavy atom. The Labute approximate surface area is 149 Å². The normalized spacial score (nSPS) is 13.7. The average molecular weight is 379 g/mol. The number of nitrogens with one attached hydrogen (secondary N) is 1. The van der Waals surface area contributed by atoms with Gasteiger partial charge in [-0.3, -0.25) is 4.72 Å². The molecule has 6 nitrogen and oxygen atoms in total. The molecule has 1 aliphatic rings.